The van der Waals surface area contributed by atoms with Crippen LogP contribution in [0.25, 0.3) is 0 Å². The van der Waals surface area contributed by atoms with Gasteiger partial charge in [-0.15, -0.1) is 0 Å². The number of carbonyl (C=O) groups excluding carboxylic acids is 2. The quantitative estimate of drug-likeness (QED) is 0.895. The van der Waals surface area contributed by atoms with E-state index >= 15 is 0 Å². The predicted molar refractivity (Wildman–Crippen MR) is 105 cm³/mol. The molecule has 0 unspecified atom stereocenters. The van der Waals surface area contributed by atoms with Crippen LogP contribution in [0, 0.1) is 13.8 Å². The molecule has 2 aromatic heterocycles. The smallest absolute Gasteiger partial charge is 0.255 e. The lowest BCUT2D eigenvalue weighted by Crippen LogP contribution is -2.49. The summed E-state index contributed by atoms with van der Waals surface area (Å²) in [7, 11) is 0. The Morgan fingerprint density at radius 1 is 1.11 bits per heavy atom. The lowest BCUT2D eigenvalue weighted by molar-refractivity contribution is 0.0745. The van der Waals surface area contributed by atoms with Crippen LogP contribution in [0.15, 0.2) is 24.4 Å². The molecule has 7 heteroatoms. The number of aromatic nitrogens is 2. The summed E-state index contributed by atoms with van der Waals surface area (Å²) in [5.41, 5.74) is 8.75. The summed E-state index contributed by atoms with van der Waals surface area (Å²) < 4.78 is 2.19. The molecule has 27 heavy (non-hydrogen) atoms. The van der Waals surface area contributed by atoms with Crippen LogP contribution in [0.2, 0.25) is 0 Å². The lowest BCUT2D eigenvalue weighted by atomic mass is 10.1. The maximum Gasteiger partial charge on any atom is 0.255 e. The number of anilines is 1. The summed E-state index contributed by atoms with van der Waals surface area (Å²) in [6.45, 7) is 10.7. The number of aryl methyl sites for hydroxylation is 1. The van der Waals surface area contributed by atoms with Crippen LogP contribution in [0.1, 0.15) is 52.0 Å². The first-order valence-corrected chi connectivity index (χ1v) is 9.28. The molecule has 3 heterocycles. The highest BCUT2D eigenvalue weighted by molar-refractivity contribution is 5.98. The van der Waals surface area contributed by atoms with Crippen LogP contribution in [0.3, 0.4) is 0 Å². The van der Waals surface area contributed by atoms with Crippen molar-refractivity contribution in [3.63, 3.8) is 0 Å². The summed E-state index contributed by atoms with van der Waals surface area (Å²) in [6, 6.07) is 5.69. The zero-order valence-corrected chi connectivity index (χ0v) is 16.4. The number of piperazine rings is 1. The molecule has 1 aliphatic heterocycles. The molecule has 2 amide bonds. The lowest BCUT2D eigenvalue weighted by Gasteiger charge is -2.36. The standard InChI is InChI=1S/C20H27N5O2/c1-13(2)25-14(3)12-17(15(25)4)20(27)24-10-8-23(9-11-24)19-16(18(21)26)6-5-7-22-19/h5-7,12-13H,8-11H2,1-4H3,(H2,21,26). The fourth-order valence-electron chi connectivity index (χ4n) is 3.92. The zero-order chi connectivity index (χ0) is 19.7. The molecule has 0 spiro atoms. The molecule has 0 atom stereocenters. The molecule has 144 valence electrons. The van der Waals surface area contributed by atoms with E-state index in [1.165, 1.54) is 0 Å². The maximum atomic E-state index is 13.0. The van der Waals surface area contributed by atoms with Crippen molar-refractivity contribution in [3.8, 4) is 0 Å². The van der Waals surface area contributed by atoms with Gasteiger partial charge in [-0.2, -0.15) is 0 Å². The Morgan fingerprint density at radius 2 is 1.78 bits per heavy atom. The van der Waals surface area contributed by atoms with Gasteiger partial charge in [-0.3, -0.25) is 9.59 Å². The summed E-state index contributed by atoms with van der Waals surface area (Å²) in [5, 5.41) is 0. The first-order chi connectivity index (χ1) is 12.8. The van der Waals surface area contributed by atoms with Gasteiger partial charge in [-0.1, -0.05) is 0 Å². The molecule has 1 aliphatic rings. The van der Waals surface area contributed by atoms with E-state index in [4.69, 9.17) is 5.73 Å². The second-order valence-corrected chi connectivity index (χ2v) is 7.27. The topological polar surface area (TPSA) is 84.5 Å². The second-order valence-electron chi connectivity index (χ2n) is 7.27. The van der Waals surface area contributed by atoms with Crippen LogP contribution in [-0.2, 0) is 0 Å². The number of primary amides is 1. The number of nitrogens with two attached hydrogens (primary N) is 1. The van der Waals surface area contributed by atoms with Crippen LogP contribution in [0.4, 0.5) is 5.82 Å². The predicted octanol–water partition coefficient (Wildman–Crippen LogP) is 2.14. The summed E-state index contributed by atoms with van der Waals surface area (Å²) >= 11 is 0. The van der Waals surface area contributed by atoms with Gasteiger partial charge in [0, 0.05) is 49.8 Å². The van der Waals surface area contributed by atoms with Gasteiger partial charge in [0.1, 0.15) is 5.82 Å². The highest BCUT2D eigenvalue weighted by atomic mass is 16.2. The van der Waals surface area contributed by atoms with Crippen molar-refractivity contribution in [1.29, 1.82) is 0 Å². The third kappa shape index (κ3) is 3.54. The van der Waals surface area contributed by atoms with Crippen molar-refractivity contribution in [2.45, 2.75) is 33.7 Å². The molecule has 0 radical (unpaired) electrons. The molecule has 0 aliphatic carbocycles. The van der Waals surface area contributed by atoms with Crippen LogP contribution in [0.5, 0.6) is 0 Å². The molecule has 3 rings (SSSR count). The minimum atomic E-state index is -0.488. The van der Waals surface area contributed by atoms with Gasteiger partial charge in [0.15, 0.2) is 0 Å². The largest absolute Gasteiger partial charge is 0.365 e. The normalized spacial score (nSPS) is 14.7. The van der Waals surface area contributed by atoms with Gasteiger partial charge < -0.3 is 20.1 Å². The SMILES string of the molecule is Cc1cc(C(=O)N2CCN(c3ncccc3C(N)=O)CC2)c(C)n1C(C)C. The molecule has 1 saturated heterocycles. The summed E-state index contributed by atoms with van der Waals surface area (Å²) in [4.78, 5) is 32.9. The van der Waals surface area contributed by atoms with E-state index in [-0.39, 0.29) is 5.91 Å². The van der Waals surface area contributed by atoms with Gasteiger partial charge >= 0.3 is 0 Å². The Balaban J connectivity index is 1.74. The van der Waals surface area contributed by atoms with Gasteiger partial charge in [0.25, 0.3) is 11.8 Å². The van der Waals surface area contributed by atoms with Gasteiger partial charge in [-0.05, 0) is 45.9 Å². The van der Waals surface area contributed by atoms with E-state index in [9.17, 15) is 9.59 Å². The van der Waals surface area contributed by atoms with E-state index in [1.807, 2.05) is 29.7 Å². The van der Waals surface area contributed by atoms with Gasteiger partial charge in [-0.25, -0.2) is 4.98 Å². The highest BCUT2D eigenvalue weighted by Gasteiger charge is 2.27. The Hall–Kier alpha value is -2.83. The van der Waals surface area contributed by atoms with E-state index in [0.29, 0.717) is 43.6 Å². The molecule has 0 saturated carbocycles. The Kier molecular flexibility index (Phi) is 5.21. The molecular formula is C20H27N5O2. The number of pyridine rings is 1. The van der Waals surface area contributed by atoms with Crippen LogP contribution >= 0.6 is 0 Å². The van der Waals surface area contributed by atoms with E-state index < -0.39 is 5.91 Å². The maximum absolute atomic E-state index is 13.0. The molecule has 1 fully saturated rings. The van der Waals surface area contributed by atoms with Crippen molar-refractivity contribution >= 4 is 17.6 Å². The number of amides is 2. The van der Waals surface area contributed by atoms with Gasteiger partial charge in [0.2, 0.25) is 0 Å². The average molecular weight is 369 g/mol. The highest BCUT2D eigenvalue weighted by Crippen LogP contribution is 2.23. The van der Waals surface area contributed by atoms with Crippen molar-refractivity contribution in [2.24, 2.45) is 5.73 Å². The molecule has 0 bridgehead atoms. The first kappa shape index (κ1) is 18.9. The second kappa shape index (κ2) is 7.42. The van der Waals surface area contributed by atoms with Gasteiger partial charge in [0.05, 0.1) is 11.1 Å². The van der Waals surface area contributed by atoms with Crippen LogP contribution in [-0.4, -0.2) is 52.4 Å². The monoisotopic (exact) mass is 369 g/mol. The van der Waals surface area contributed by atoms with Crippen molar-refractivity contribution in [1.82, 2.24) is 14.5 Å². The summed E-state index contributed by atoms with van der Waals surface area (Å²) in [6.07, 6.45) is 1.65. The fourth-order valence-corrected chi connectivity index (χ4v) is 3.92. The zero-order valence-electron chi connectivity index (χ0n) is 16.4. The number of nitrogens with zero attached hydrogens (tertiary/aromatic N) is 4. The minimum Gasteiger partial charge on any atom is -0.365 e. The third-order valence-electron chi connectivity index (χ3n) is 5.15. The van der Waals surface area contributed by atoms with E-state index in [2.05, 4.69) is 23.4 Å². The molecule has 0 aromatic carbocycles. The first-order valence-electron chi connectivity index (χ1n) is 9.28. The number of hydrogen-bond acceptors (Lipinski definition) is 4. The van der Waals surface area contributed by atoms with E-state index in [0.717, 1.165) is 17.0 Å². The van der Waals surface area contributed by atoms with Crippen molar-refractivity contribution < 1.29 is 9.59 Å². The van der Waals surface area contributed by atoms with E-state index in [1.54, 1.807) is 18.3 Å². The van der Waals surface area contributed by atoms with Crippen molar-refractivity contribution in [2.75, 3.05) is 31.1 Å². The molecule has 2 N–H and O–H groups in total. The third-order valence-corrected chi connectivity index (χ3v) is 5.15. The van der Waals surface area contributed by atoms with Crippen LogP contribution < -0.4 is 10.6 Å². The molecule has 2 aromatic rings. The summed E-state index contributed by atoms with van der Waals surface area (Å²) in [5.74, 6) is 0.165. The Labute approximate surface area is 159 Å². The number of hydrogen-bond donors (Lipinski definition) is 1. The molecule has 7 nitrogen and oxygen atoms in total. The molecular weight excluding hydrogens is 342 g/mol. The minimum absolute atomic E-state index is 0.0609. The Morgan fingerprint density at radius 3 is 2.33 bits per heavy atom. The Bertz CT molecular complexity index is 863. The number of carbonyl (C=O) groups is 2. The van der Waals surface area contributed by atoms with Crippen molar-refractivity contribution in [3.05, 3.63) is 46.9 Å². The fraction of sp³-hybridized carbons (Fsp3) is 0.450. The average Bonchev–Trinajstić information content (AvgIpc) is 2.95. The number of rotatable bonds is 4.